The van der Waals surface area contributed by atoms with E-state index in [1.165, 1.54) is 28.4 Å². The summed E-state index contributed by atoms with van der Waals surface area (Å²) in [5, 5.41) is 2.62. The lowest BCUT2D eigenvalue weighted by Gasteiger charge is -2.15. The zero-order valence-corrected chi connectivity index (χ0v) is 26.8. The number of benzene rings is 3. The Balaban J connectivity index is 1.65. The fourth-order valence-electron chi connectivity index (χ4n) is 4.51. The van der Waals surface area contributed by atoms with Crippen molar-refractivity contribution in [1.82, 2.24) is 5.32 Å². The van der Waals surface area contributed by atoms with E-state index in [1.807, 2.05) is 31.2 Å². The molecule has 45 heavy (non-hydrogen) atoms. The Labute approximate surface area is 265 Å². The SMILES string of the molecule is C=C/C(SC(=O)NC)=C(\C)c1cccc(OCCOc2c(-c3ccc(OC)c(OC)c3)oc3cc(OC)cc(OC)c3c2=O)c1. The Morgan fingerprint density at radius 1 is 0.889 bits per heavy atom. The Morgan fingerprint density at radius 2 is 1.62 bits per heavy atom. The third kappa shape index (κ3) is 7.38. The third-order valence-corrected chi connectivity index (χ3v) is 7.90. The second-order valence-electron chi connectivity index (χ2n) is 9.42. The molecule has 4 aromatic rings. The van der Waals surface area contributed by atoms with Crippen LogP contribution in [0.25, 0.3) is 27.9 Å². The maximum absolute atomic E-state index is 13.9. The van der Waals surface area contributed by atoms with Crippen molar-refractivity contribution < 1.29 is 37.6 Å². The number of carbonyl (C=O) groups excluding carboxylic acids is 1. The number of fused-ring (bicyclic) bond motifs is 1. The number of nitrogens with one attached hydrogen (secondary N) is 1. The molecule has 1 N–H and O–H groups in total. The molecule has 236 valence electrons. The standard InChI is InChI=1S/C34H35NO9S/c1-8-29(45-34(37)35-3)20(2)21-10-9-11-23(16-21)42-14-15-43-33-31(36)30-27(41-7)18-24(38-4)19-28(30)44-32(33)22-12-13-25(39-5)26(17-22)40-6/h8-13,16-19H,1,14-15H2,2-7H3,(H,35,37)/b29-20-. The van der Waals surface area contributed by atoms with E-state index in [0.717, 1.165) is 27.8 Å². The normalized spacial score (nSPS) is 11.3. The van der Waals surface area contributed by atoms with Crippen LogP contribution in [-0.2, 0) is 0 Å². The van der Waals surface area contributed by atoms with Crippen molar-refractivity contribution in [3.63, 3.8) is 0 Å². The summed E-state index contributed by atoms with van der Waals surface area (Å²) in [5.74, 6) is 2.47. The molecule has 0 aliphatic carbocycles. The van der Waals surface area contributed by atoms with Crippen molar-refractivity contribution in [3.05, 3.63) is 87.9 Å². The van der Waals surface area contributed by atoms with Crippen molar-refractivity contribution in [2.24, 2.45) is 0 Å². The number of rotatable bonds is 13. The predicted octanol–water partition coefficient (Wildman–Crippen LogP) is 6.94. The van der Waals surface area contributed by atoms with Gasteiger partial charge < -0.3 is 38.2 Å². The minimum absolute atomic E-state index is 0.0174. The molecule has 0 spiro atoms. The van der Waals surface area contributed by atoms with Crippen LogP contribution < -0.4 is 39.2 Å². The molecule has 11 heteroatoms. The largest absolute Gasteiger partial charge is 0.496 e. The van der Waals surface area contributed by atoms with Crippen molar-refractivity contribution in [2.75, 3.05) is 48.7 Å². The van der Waals surface area contributed by atoms with E-state index in [9.17, 15) is 9.59 Å². The fourth-order valence-corrected chi connectivity index (χ4v) is 5.16. The van der Waals surface area contributed by atoms with Gasteiger partial charge in [0.2, 0.25) is 11.2 Å². The van der Waals surface area contributed by atoms with Crippen molar-refractivity contribution in [1.29, 1.82) is 0 Å². The lowest BCUT2D eigenvalue weighted by atomic mass is 10.1. The molecule has 0 radical (unpaired) electrons. The van der Waals surface area contributed by atoms with Crippen molar-refractivity contribution in [3.8, 4) is 45.8 Å². The lowest BCUT2D eigenvalue weighted by molar-refractivity contribution is 0.214. The molecule has 0 saturated carbocycles. The van der Waals surface area contributed by atoms with Crippen LogP contribution in [0.3, 0.4) is 0 Å². The molecular formula is C34H35NO9S. The van der Waals surface area contributed by atoms with Gasteiger partial charge in [-0.3, -0.25) is 9.59 Å². The topological polar surface area (TPSA) is 115 Å². The van der Waals surface area contributed by atoms with Gasteiger partial charge in [0.25, 0.3) is 5.24 Å². The summed E-state index contributed by atoms with van der Waals surface area (Å²) >= 11 is 1.06. The van der Waals surface area contributed by atoms with Crippen LogP contribution in [0.1, 0.15) is 12.5 Å². The van der Waals surface area contributed by atoms with Gasteiger partial charge in [-0.1, -0.05) is 24.8 Å². The molecule has 0 bridgehead atoms. The van der Waals surface area contributed by atoms with E-state index in [4.69, 9.17) is 32.8 Å². The highest BCUT2D eigenvalue weighted by Crippen LogP contribution is 2.39. The smallest absolute Gasteiger partial charge is 0.283 e. The van der Waals surface area contributed by atoms with Gasteiger partial charge in [0.1, 0.15) is 41.4 Å². The zero-order valence-electron chi connectivity index (χ0n) is 26.0. The van der Waals surface area contributed by atoms with Gasteiger partial charge in [-0.2, -0.15) is 0 Å². The Hall–Kier alpha value is -5.03. The van der Waals surface area contributed by atoms with Gasteiger partial charge in [-0.15, -0.1) is 0 Å². The molecule has 0 atom stereocenters. The molecule has 0 aliphatic heterocycles. The number of amides is 1. The minimum Gasteiger partial charge on any atom is -0.496 e. The first-order valence-electron chi connectivity index (χ1n) is 13.8. The molecular weight excluding hydrogens is 598 g/mol. The average Bonchev–Trinajstić information content (AvgIpc) is 3.08. The molecule has 10 nitrogen and oxygen atoms in total. The van der Waals surface area contributed by atoms with Crippen LogP contribution >= 0.6 is 11.8 Å². The number of carbonyl (C=O) groups is 1. The highest BCUT2D eigenvalue weighted by Gasteiger charge is 2.23. The van der Waals surface area contributed by atoms with E-state index >= 15 is 0 Å². The fraction of sp³-hybridized carbons (Fsp3) is 0.235. The summed E-state index contributed by atoms with van der Waals surface area (Å²) in [6, 6.07) is 15.8. The summed E-state index contributed by atoms with van der Waals surface area (Å²) in [6.07, 6.45) is 1.65. The summed E-state index contributed by atoms with van der Waals surface area (Å²) in [7, 11) is 7.61. The molecule has 0 saturated heterocycles. The van der Waals surface area contributed by atoms with Gasteiger partial charge in [0.15, 0.2) is 17.3 Å². The van der Waals surface area contributed by atoms with Gasteiger partial charge in [0.05, 0.1) is 28.4 Å². The van der Waals surface area contributed by atoms with Crippen LogP contribution in [0.5, 0.6) is 34.5 Å². The molecule has 1 aromatic heterocycles. The summed E-state index contributed by atoms with van der Waals surface area (Å²) in [6.45, 7) is 5.89. The van der Waals surface area contributed by atoms with E-state index in [1.54, 1.807) is 43.5 Å². The molecule has 0 unspecified atom stereocenters. The number of ether oxygens (including phenoxy) is 6. The monoisotopic (exact) mass is 633 g/mol. The summed E-state index contributed by atoms with van der Waals surface area (Å²) < 4.78 is 40.0. The van der Waals surface area contributed by atoms with Gasteiger partial charge >= 0.3 is 0 Å². The molecule has 3 aromatic carbocycles. The van der Waals surface area contributed by atoms with E-state index in [2.05, 4.69) is 11.9 Å². The van der Waals surface area contributed by atoms with Gasteiger partial charge in [-0.05, 0) is 60.2 Å². The number of hydrogen-bond donors (Lipinski definition) is 1. The number of hydrogen-bond acceptors (Lipinski definition) is 10. The third-order valence-electron chi connectivity index (χ3n) is 6.82. The molecule has 1 heterocycles. The highest BCUT2D eigenvalue weighted by atomic mass is 32.2. The molecule has 4 rings (SSSR count). The second kappa shape index (κ2) is 15.1. The average molecular weight is 634 g/mol. The van der Waals surface area contributed by atoms with E-state index in [0.29, 0.717) is 28.6 Å². The van der Waals surface area contributed by atoms with Crippen LogP contribution in [-0.4, -0.2) is 53.9 Å². The molecule has 0 fully saturated rings. The number of allylic oxidation sites excluding steroid dienone is 2. The van der Waals surface area contributed by atoms with Gasteiger partial charge in [0, 0.05) is 29.6 Å². The molecule has 1 amide bonds. The Kier molecular flexibility index (Phi) is 11.0. The quantitative estimate of drug-likeness (QED) is 0.123. The molecule has 0 aliphatic rings. The Morgan fingerprint density at radius 3 is 2.29 bits per heavy atom. The zero-order chi connectivity index (χ0) is 32.5. The maximum atomic E-state index is 13.9. The van der Waals surface area contributed by atoms with Crippen LogP contribution in [0.2, 0.25) is 0 Å². The number of methoxy groups -OCH3 is 4. The summed E-state index contributed by atoms with van der Waals surface area (Å²) in [4.78, 5) is 26.5. The highest BCUT2D eigenvalue weighted by molar-refractivity contribution is 8.17. The van der Waals surface area contributed by atoms with E-state index in [-0.39, 0.29) is 46.7 Å². The van der Waals surface area contributed by atoms with Crippen molar-refractivity contribution in [2.45, 2.75) is 6.92 Å². The van der Waals surface area contributed by atoms with Crippen LogP contribution in [0, 0.1) is 0 Å². The first-order chi connectivity index (χ1) is 21.8. The lowest BCUT2D eigenvalue weighted by Crippen LogP contribution is -2.16. The number of thioether (sulfide) groups is 1. The van der Waals surface area contributed by atoms with Crippen LogP contribution in [0.15, 0.2) is 81.4 Å². The maximum Gasteiger partial charge on any atom is 0.283 e. The Bertz CT molecular complexity index is 1790. The first kappa shape index (κ1) is 32.9. The van der Waals surface area contributed by atoms with Gasteiger partial charge in [-0.25, -0.2) is 0 Å². The van der Waals surface area contributed by atoms with Crippen LogP contribution in [0.4, 0.5) is 4.79 Å². The minimum atomic E-state index is -0.422. The first-order valence-corrected chi connectivity index (χ1v) is 14.6. The summed E-state index contributed by atoms with van der Waals surface area (Å²) in [5.41, 5.74) is 2.12. The van der Waals surface area contributed by atoms with Crippen molar-refractivity contribution >= 4 is 33.5 Å². The predicted molar refractivity (Wildman–Crippen MR) is 176 cm³/mol. The second-order valence-corrected chi connectivity index (χ2v) is 10.4. The van der Waals surface area contributed by atoms with E-state index < -0.39 is 5.43 Å².